The second-order valence-electron chi connectivity index (χ2n) is 6.18. The molecule has 0 aliphatic carbocycles. The molecule has 2 aromatic carbocycles. The fourth-order valence-electron chi connectivity index (χ4n) is 2.95. The number of aromatic nitrogens is 3. The first-order chi connectivity index (χ1) is 13.0. The van der Waals surface area contributed by atoms with Crippen LogP contribution in [0.2, 0.25) is 0 Å². The van der Waals surface area contributed by atoms with Gasteiger partial charge in [-0.3, -0.25) is 9.36 Å². The highest BCUT2D eigenvalue weighted by atomic mass is 32.1. The first kappa shape index (κ1) is 17.3. The van der Waals surface area contributed by atoms with E-state index in [2.05, 4.69) is 9.97 Å². The van der Waals surface area contributed by atoms with Gasteiger partial charge in [0.2, 0.25) is 0 Å². The Morgan fingerprint density at radius 2 is 1.89 bits per heavy atom. The molecule has 0 unspecified atom stereocenters. The Morgan fingerprint density at radius 3 is 2.63 bits per heavy atom. The van der Waals surface area contributed by atoms with E-state index < -0.39 is 5.82 Å². The van der Waals surface area contributed by atoms with Crippen molar-refractivity contribution < 1.29 is 4.39 Å². The van der Waals surface area contributed by atoms with E-state index in [9.17, 15) is 9.18 Å². The number of nitrogens with zero attached hydrogens (tertiary/aromatic N) is 3. The molecule has 4 nitrogen and oxygen atoms in total. The van der Waals surface area contributed by atoms with E-state index >= 15 is 0 Å². The van der Waals surface area contributed by atoms with Crippen LogP contribution >= 0.6 is 11.3 Å². The first-order valence-corrected chi connectivity index (χ1v) is 9.29. The molecule has 0 radical (unpaired) electrons. The number of hydrogen-bond acceptors (Lipinski definition) is 4. The zero-order chi connectivity index (χ0) is 19.0. The number of aryl methyl sites for hydroxylation is 2. The number of para-hydroxylation sites is 1. The van der Waals surface area contributed by atoms with Gasteiger partial charge in [0.15, 0.2) is 0 Å². The molecule has 0 bridgehead atoms. The van der Waals surface area contributed by atoms with E-state index in [0.717, 1.165) is 22.0 Å². The average Bonchev–Trinajstić information content (AvgIpc) is 3.07. The highest BCUT2D eigenvalue weighted by Gasteiger charge is 2.13. The summed E-state index contributed by atoms with van der Waals surface area (Å²) in [4.78, 5) is 22.2. The molecule has 0 amide bonds. The molecule has 0 N–H and O–H groups in total. The second-order valence-corrected chi connectivity index (χ2v) is 7.25. The van der Waals surface area contributed by atoms with Crippen molar-refractivity contribution in [1.29, 1.82) is 0 Å². The van der Waals surface area contributed by atoms with Crippen LogP contribution in [0.5, 0.6) is 0 Å². The third-order valence-corrected chi connectivity index (χ3v) is 5.04. The molecule has 0 atom stereocenters. The van der Waals surface area contributed by atoms with Crippen LogP contribution in [0.1, 0.15) is 22.1 Å². The van der Waals surface area contributed by atoms with E-state index in [1.165, 1.54) is 22.8 Å². The quantitative estimate of drug-likeness (QED) is 0.517. The van der Waals surface area contributed by atoms with Crippen LogP contribution in [0.4, 0.5) is 4.39 Å². The Hall–Kier alpha value is -3.12. The number of fused-ring (bicyclic) bond motifs is 1. The predicted molar refractivity (Wildman–Crippen MR) is 108 cm³/mol. The molecule has 0 aliphatic heterocycles. The molecule has 0 saturated heterocycles. The summed E-state index contributed by atoms with van der Waals surface area (Å²) in [5, 5.41) is 3.16. The topological polar surface area (TPSA) is 47.8 Å². The van der Waals surface area contributed by atoms with Gasteiger partial charge in [-0.1, -0.05) is 18.2 Å². The van der Waals surface area contributed by atoms with Gasteiger partial charge in [-0.15, -0.1) is 11.3 Å². The van der Waals surface area contributed by atoms with Crippen molar-refractivity contribution in [2.45, 2.75) is 13.8 Å². The van der Waals surface area contributed by atoms with Gasteiger partial charge in [-0.05, 0) is 55.8 Å². The summed E-state index contributed by atoms with van der Waals surface area (Å²) < 4.78 is 15.2. The fourth-order valence-corrected chi connectivity index (χ4v) is 3.53. The van der Waals surface area contributed by atoms with Crippen molar-refractivity contribution >= 4 is 34.4 Å². The number of benzene rings is 2. The molecular weight excluding hydrogens is 361 g/mol. The van der Waals surface area contributed by atoms with Gasteiger partial charge in [0.1, 0.15) is 11.6 Å². The number of thiazole rings is 1. The van der Waals surface area contributed by atoms with E-state index in [1.54, 1.807) is 17.4 Å². The third-order valence-electron chi connectivity index (χ3n) is 4.25. The molecule has 27 heavy (non-hydrogen) atoms. The lowest BCUT2D eigenvalue weighted by Gasteiger charge is -2.13. The summed E-state index contributed by atoms with van der Waals surface area (Å²) in [6, 6.07) is 11.6. The van der Waals surface area contributed by atoms with Crippen molar-refractivity contribution in [3.8, 4) is 5.69 Å². The van der Waals surface area contributed by atoms with Crippen LogP contribution in [-0.4, -0.2) is 14.5 Å². The van der Waals surface area contributed by atoms with Crippen LogP contribution in [0.25, 0.3) is 28.7 Å². The minimum Gasteiger partial charge on any atom is -0.268 e. The molecular formula is C21H16FN3OS. The van der Waals surface area contributed by atoms with Gasteiger partial charge in [0, 0.05) is 5.38 Å². The molecule has 2 aromatic heterocycles. The molecule has 6 heteroatoms. The smallest absolute Gasteiger partial charge is 0.266 e. The molecule has 134 valence electrons. The molecule has 4 rings (SSSR count). The van der Waals surface area contributed by atoms with Crippen molar-refractivity contribution in [2.24, 2.45) is 0 Å². The van der Waals surface area contributed by atoms with Gasteiger partial charge in [-0.25, -0.2) is 14.4 Å². The maximum atomic E-state index is 13.7. The largest absolute Gasteiger partial charge is 0.268 e. The van der Waals surface area contributed by atoms with Gasteiger partial charge in [-0.2, -0.15) is 0 Å². The Bertz CT molecular complexity index is 1240. The first-order valence-electron chi connectivity index (χ1n) is 8.41. The highest BCUT2D eigenvalue weighted by Crippen LogP contribution is 2.19. The summed E-state index contributed by atoms with van der Waals surface area (Å²) in [6.45, 7) is 3.86. The van der Waals surface area contributed by atoms with Crippen LogP contribution in [0.15, 0.2) is 52.6 Å². The summed E-state index contributed by atoms with van der Waals surface area (Å²) in [5.74, 6) is 0.0121. The second kappa shape index (κ2) is 6.89. The molecule has 2 heterocycles. The fraction of sp³-hybridized carbons (Fsp3) is 0.0952. The van der Waals surface area contributed by atoms with Crippen LogP contribution in [0, 0.1) is 19.7 Å². The van der Waals surface area contributed by atoms with E-state index in [0.29, 0.717) is 11.3 Å². The lowest BCUT2D eigenvalue weighted by molar-refractivity contribution is 0.629. The molecule has 0 fully saturated rings. The van der Waals surface area contributed by atoms with E-state index in [-0.39, 0.29) is 10.9 Å². The van der Waals surface area contributed by atoms with Crippen LogP contribution in [0.3, 0.4) is 0 Å². The number of halogens is 1. The maximum Gasteiger partial charge on any atom is 0.266 e. The van der Waals surface area contributed by atoms with Gasteiger partial charge >= 0.3 is 0 Å². The maximum absolute atomic E-state index is 13.7. The Morgan fingerprint density at radius 1 is 1.07 bits per heavy atom. The Labute approximate surface area is 159 Å². The van der Waals surface area contributed by atoms with Gasteiger partial charge in [0.25, 0.3) is 5.56 Å². The lowest BCUT2D eigenvalue weighted by atomic mass is 10.1. The molecule has 0 spiro atoms. The Kier molecular flexibility index (Phi) is 4.41. The van der Waals surface area contributed by atoms with Crippen LogP contribution in [-0.2, 0) is 0 Å². The zero-order valence-corrected chi connectivity index (χ0v) is 15.6. The van der Waals surface area contributed by atoms with Crippen molar-refractivity contribution in [1.82, 2.24) is 14.5 Å². The normalized spacial score (nSPS) is 11.5. The Balaban J connectivity index is 2.00. The molecule has 4 aromatic rings. The molecule has 0 saturated carbocycles. The summed E-state index contributed by atoms with van der Waals surface area (Å²) in [5.41, 5.74) is 2.61. The lowest BCUT2D eigenvalue weighted by Crippen LogP contribution is -2.23. The van der Waals surface area contributed by atoms with Crippen LogP contribution < -0.4 is 5.56 Å². The summed E-state index contributed by atoms with van der Waals surface area (Å²) in [7, 11) is 0. The van der Waals surface area contributed by atoms with Crippen molar-refractivity contribution in [3.63, 3.8) is 0 Å². The van der Waals surface area contributed by atoms with Crippen molar-refractivity contribution in [3.05, 3.63) is 86.1 Å². The third kappa shape index (κ3) is 3.31. The average molecular weight is 377 g/mol. The predicted octanol–water partition coefficient (Wildman–Crippen LogP) is 4.77. The monoisotopic (exact) mass is 377 g/mol. The molecule has 0 aliphatic rings. The van der Waals surface area contributed by atoms with Gasteiger partial charge < -0.3 is 0 Å². The van der Waals surface area contributed by atoms with Crippen molar-refractivity contribution in [2.75, 3.05) is 0 Å². The van der Waals surface area contributed by atoms with E-state index in [1.807, 2.05) is 49.6 Å². The van der Waals surface area contributed by atoms with E-state index in [4.69, 9.17) is 0 Å². The SMILES string of the molecule is Cc1nc(/C=C/c2nc3ccc(F)cc3c(=O)n2-c2ccccc2C)cs1. The number of rotatable bonds is 3. The zero-order valence-electron chi connectivity index (χ0n) is 14.8. The summed E-state index contributed by atoms with van der Waals surface area (Å²) in [6.07, 6.45) is 3.60. The summed E-state index contributed by atoms with van der Waals surface area (Å²) >= 11 is 1.56. The standard InChI is InChI=1S/C21H16FN3OS/c1-13-5-3-4-6-19(13)25-20(10-8-16-12-27-14(2)23-16)24-18-9-7-15(22)11-17(18)21(25)26/h3-12H,1-2H3/b10-8+. The minimum absolute atomic E-state index is 0.250. The highest BCUT2D eigenvalue weighted by molar-refractivity contribution is 7.09. The van der Waals surface area contributed by atoms with Gasteiger partial charge in [0.05, 0.1) is 27.3 Å². The number of hydrogen-bond donors (Lipinski definition) is 0. The minimum atomic E-state index is -0.459.